The fourth-order valence-corrected chi connectivity index (χ4v) is 5.83. The minimum atomic E-state index is -3.64. The highest BCUT2D eigenvalue weighted by atomic mass is 35.5. The molecule has 1 aromatic carbocycles. The molecule has 0 aromatic heterocycles. The normalized spacial score (nSPS) is 26.8. The van der Waals surface area contributed by atoms with Crippen LogP contribution in [0.4, 0.5) is 0 Å². The molecule has 2 aliphatic heterocycles. The molecule has 2 unspecified atom stereocenters. The number of halogens is 2. The first-order chi connectivity index (χ1) is 9.01. The maximum Gasteiger partial charge on any atom is 0.246 e. The van der Waals surface area contributed by atoms with Gasteiger partial charge in [0.2, 0.25) is 10.0 Å². The Labute approximate surface area is 122 Å². The minimum Gasteiger partial charge on any atom is -0.207 e. The van der Waals surface area contributed by atoms with Gasteiger partial charge in [-0.3, -0.25) is 0 Å². The van der Waals surface area contributed by atoms with Crippen LogP contribution < -0.4 is 0 Å². The van der Waals surface area contributed by atoms with Crippen LogP contribution >= 0.6 is 23.2 Å². The second-order valence-electron chi connectivity index (χ2n) is 4.85. The van der Waals surface area contributed by atoms with Gasteiger partial charge in [0.1, 0.15) is 4.90 Å². The Morgan fingerprint density at radius 1 is 1.16 bits per heavy atom. The first-order valence-electron chi connectivity index (χ1n) is 6.16. The summed E-state index contributed by atoms with van der Waals surface area (Å²) in [5.41, 5.74) is 0. The standard InChI is InChI=1S/C13H13Cl2NO2S/c14-11-5-2-6-12(15)13(11)19(17,18)16-9-3-1-4-10(16)8-7-9/h1-3,5-6,9-10H,4,7-8H2. The Balaban J connectivity index is 2.12. The van der Waals surface area contributed by atoms with Gasteiger partial charge in [-0.15, -0.1) is 0 Å². The minimum absolute atomic E-state index is 0.0329. The summed E-state index contributed by atoms with van der Waals surface area (Å²) < 4.78 is 27.2. The average molecular weight is 318 g/mol. The Hall–Kier alpha value is -0.550. The van der Waals surface area contributed by atoms with Gasteiger partial charge in [0.25, 0.3) is 0 Å². The summed E-state index contributed by atoms with van der Waals surface area (Å²) in [6, 6.07) is 4.74. The fourth-order valence-electron chi connectivity index (χ4n) is 2.89. The van der Waals surface area contributed by atoms with Crippen molar-refractivity contribution in [3.05, 3.63) is 40.4 Å². The van der Waals surface area contributed by atoms with Gasteiger partial charge in [-0.05, 0) is 31.4 Å². The Kier molecular flexibility index (Phi) is 3.38. The molecule has 2 aliphatic rings. The zero-order valence-electron chi connectivity index (χ0n) is 10.1. The molecule has 3 rings (SSSR count). The molecule has 0 saturated carbocycles. The summed E-state index contributed by atoms with van der Waals surface area (Å²) in [6.45, 7) is 0. The molecule has 1 fully saturated rings. The van der Waals surface area contributed by atoms with Gasteiger partial charge in [-0.2, -0.15) is 4.31 Å². The Bertz CT molecular complexity index is 622. The van der Waals surface area contributed by atoms with E-state index in [-0.39, 0.29) is 27.0 Å². The highest BCUT2D eigenvalue weighted by Gasteiger charge is 2.43. The zero-order chi connectivity index (χ0) is 13.6. The van der Waals surface area contributed by atoms with E-state index >= 15 is 0 Å². The first-order valence-corrected chi connectivity index (χ1v) is 8.35. The molecule has 1 aromatic rings. The molecule has 2 atom stereocenters. The van der Waals surface area contributed by atoms with E-state index in [1.165, 1.54) is 0 Å². The van der Waals surface area contributed by atoms with Crippen molar-refractivity contribution in [3.63, 3.8) is 0 Å². The van der Waals surface area contributed by atoms with Crippen LogP contribution in [0.3, 0.4) is 0 Å². The number of hydrogen-bond donors (Lipinski definition) is 0. The summed E-state index contributed by atoms with van der Waals surface area (Å²) in [6.07, 6.45) is 6.54. The summed E-state index contributed by atoms with van der Waals surface area (Å²) in [5.74, 6) is 0. The summed E-state index contributed by atoms with van der Waals surface area (Å²) in [4.78, 5) is 0.0329. The summed E-state index contributed by atoms with van der Waals surface area (Å²) in [7, 11) is -3.64. The van der Waals surface area contributed by atoms with Gasteiger partial charge in [0, 0.05) is 12.1 Å². The van der Waals surface area contributed by atoms with Crippen LogP contribution in [0.2, 0.25) is 10.0 Å². The van der Waals surface area contributed by atoms with E-state index < -0.39 is 10.0 Å². The SMILES string of the molecule is O=S(=O)(c1c(Cl)cccc1Cl)N1C2C=CCC1CC2. The molecule has 3 nitrogen and oxygen atoms in total. The molecule has 6 heteroatoms. The highest BCUT2D eigenvalue weighted by molar-refractivity contribution is 7.89. The van der Waals surface area contributed by atoms with E-state index in [1.807, 2.05) is 6.08 Å². The molecule has 1 saturated heterocycles. The largest absolute Gasteiger partial charge is 0.246 e. The Morgan fingerprint density at radius 3 is 2.47 bits per heavy atom. The van der Waals surface area contributed by atoms with E-state index in [4.69, 9.17) is 23.2 Å². The number of fused-ring (bicyclic) bond motifs is 2. The molecule has 102 valence electrons. The van der Waals surface area contributed by atoms with Gasteiger partial charge in [-0.25, -0.2) is 8.42 Å². The van der Waals surface area contributed by atoms with E-state index in [2.05, 4.69) is 6.08 Å². The molecule has 0 aliphatic carbocycles. The van der Waals surface area contributed by atoms with E-state index in [9.17, 15) is 8.42 Å². The van der Waals surface area contributed by atoms with Crippen molar-refractivity contribution in [1.29, 1.82) is 0 Å². The number of hydrogen-bond acceptors (Lipinski definition) is 2. The van der Waals surface area contributed by atoms with Crippen LogP contribution in [0.15, 0.2) is 35.2 Å². The third-order valence-corrected chi connectivity index (χ3v) is 6.64. The van der Waals surface area contributed by atoms with Crippen molar-refractivity contribution in [2.45, 2.75) is 36.2 Å². The van der Waals surface area contributed by atoms with Crippen molar-refractivity contribution in [3.8, 4) is 0 Å². The molecule has 0 radical (unpaired) electrons. The van der Waals surface area contributed by atoms with Crippen molar-refractivity contribution in [2.75, 3.05) is 0 Å². The van der Waals surface area contributed by atoms with Gasteiger partial charge in [0.15, 0.2) is 0 Å². The van der Waals surface area contributed by atoms with Crippen LogP contribution in [-0.4, -0.2) is 24.8 Å². The number of sulfonamides is 1. The van der Waals surface area contributed by atoms with Crippen LogP contribution in [0.25, 0.3) is 0 Å². The van der Waals surface area contributed by atoms with Gasteiger partial charge in [0.05, 0.1) is 10.0 Å². The lowest BCUT2D eigenvalue weighted by atomic mass is 10.2. The van der Waals surface area contributed by atoms with Crippen LogP contribution in [-0.2, 0) is 10.0 Å². The topological polar surface area (TPSA) is 37.4 Å². The second-order valence-corrected chi connectivity index (χ2v) is 7.44. The van der Waals surface area contributed by atoms with Gasteiger partial charge in [-0.1, -0.05) is 41.4 Å². The quantitative estimate of drug-likeness (QED) is 0.783. The summed E-state index contributed by atoms with van der Waals surface area (Å²) in [5, 5.41) is 0.364. The molecule has 2 bridgehead atoms. The number of benzene rings is 1. The van der Waals surface area contributed by atoms with Crippen molar-refractivity contribution in [1.82, 2.24) is 4.31 Å². The lowest BCUT2D eigenvalue weighted by Crippen LogP contribution is -2.42. The maximum atomic E-state index is 12.8. The smallest absolute Gasteiger partial charge is 0.207 e. The first kappa shape index (κ1) is 13.4. The molecule has 0 spiro atoms. The molecule has 0 N–H and O–H groups in total. The fraction of sp³-hybridized carbons (Fsp3) is 0.385. The summed E-state index contributed by atoms with van der Waals surface area (Å²) >= 11 is 12.1. The van der Waals surface area contributed by atoms with Gasteiger partial charge < -0.3 is 0 Å². The highest BCUT2D eigenvalue weighted by Crippen LogP contribution is 2.40. The van der Waals surface area contributed by atoms with Gasteiger partial charge >= 0.3 is 0 Å². The van der Waals surface area contributed by atoms with Crippen molar-refractivity contribution >= 4 is 33.2 Å². The van der Waals surface area contributed by atoms with Crippen molar-refractivity contribution < 1.29 is 8.42 Å². The van der Waals surface area contributed by atoms with Crippen molar-refractivity contribution in [2.24, 2.45) is 0 Å². The predicted molar refractivity (Wildman–Crippen MR) is 76.1 cm³/mol. The maximum absolute atomic E-state index is 12.8. The third kappa shape index (κ3) is 2.11. The second kappa shape index (κ2) is 4.77. The van der Waals surface area contributed by atoms with E-state index in [0.29, 0.717) is 0 Å². The third-order valence-electron chi connectivity index (χ3n) is 3.70. The van der Waals surface area contributed by atoms with Crippen LogP contribution in [0.1, 0.15) is 19.3 Å². The molecule has 0 amide bonds. The lowest BCUT2D eigenvalue weighted by Gasteiger charge is -2.30. The van der Waals surface area contributed by atoms with E-state index in [0.717, 1.165) is 19.3 Å². The number of rotatable bonds is 2. The molecule has 19 heavy (non-hydrogen) atoms. The number of nitrogens with zero attached hydrogens (tertiary/aromatic N) is 1. The zero-order valence-corrected chi connectivity index (χ0v) is 12.4. The lowest BCUT2D eigenvalue weighted by molar-refractivity contribution is 0.341. The predicted octanol–water partition coefficient (Wildman–Crippen LogP) is 3.48. The molecule has 2 heterocycles. The molecular weight excluding hydrogens is 305 g/mol. The van der Waals surface area contributed by atoms with Crippen LogP contribution in [0.5, 0.6) is 0 Å². The monoisotopic (exact) mass is 317 g/mol. The van der Waals surface area contributed by atoms with E-state index in [1.54, 1.807) is 22.5 Å². The Morgan fingerprint density at radius 2 is 1.84 bits per heavy atom. The molecular formula is C13H13Cl2NO2S. The van der Waals surface area contributed by atoms with Crippen LogP contribution in [0, 0.1) is 0 Å². The average Bonchev–Trinajstić information content (AvgIpc) is 2.61.